The van der Waals surface area contributed by atoms with Crippen molar-refractivity contribution in [2.75, 3.05) is 32.0 Å². The molecule has 1 atom stereocenters. The van der Waals surface area contributed by atoms with E-state index in [4.69, 9.17) is 26.8 Å². The van der Waals surface area contributed by atoms with Crippen molar-refractivity contribution in [3.8, 4) is 5.75 Å². The van der Waals surface area contributed by atoms with E-state index in [1.807, 2.05) is 0 Å². The van der Waals surface area contributed by atoms with Gasteiger partial charge in [-0.25, -0.2) is 9.18 Å². The molecule has 0 bridgehead atoms. The Hall–Kier alpha value is -2.35. The molecule has 3 N–H and O–H groups in total. The Morgan fingerprint density at radius 2 is 2.11 bits per heavy atom. The number of anilines is 1. The molecular weight excluding hydrogens is 373 g/mol. The summed E-state index contributed by atoms with van der Waals surface area (Å²) in [4.78, 5) is 14.1. The monoisotopic (exact) mass is 393 g/mol. The van der Waals surface area contributed by atoms with Gasteiger partial charge >= 0.3 is 6.09 Å². The summed E-state index contributed by atoms with van der Waals surface area (Å²) in [5.41, 5.74) is 7.12. The lowest BCUT2D eigenvalue weighted by molar-refractivity contribution is -0.0292. The Labute approximate surface area is 162 Å². The fraction of sp³-hybridized carbons (Fsp3) is 0.316. The SMILES string of the molecule is Nc1ccc(OC(=O)NC[C@H]2CN(Cc3ccc(F)c(Cl)c3)CCO2)cc1. The smallest absolute Gasteiger partial charge is 0.410 e. The second-order valence-electron chi connectivity index (χ2n) is 6.32. The zero-order valence-electron chi connectivity index (χ0n) is 14.7. The maximum absolute atomic E-state index is 13.3. The number of nitrogens with zero attached hydrogens (tertiary/aromatic N) is 1. The van der Waals surface area contributed by atoms with Gasteiger partial charge in [-0.3, -0.25) is 4.90 Å². The van der Waals surface area contributed by atoms with Gasteiger partial charge in [-0.1, -0.05) is 17.7 Å². The molecule has 144 valence electrons. The van der Waals surface area contributed by atoms with Crippen molar-refractivity contribution in [1.29, 1.82) is 0 Å². The molecule has 0 radical (unpaired) electrons. The average molecular weight is 394 g/mol. The lowest BCUT2D eigenvalue weighted by Gasteiger charge is -2.33. The van der Waals surface area contributed by atoms with Crippen molar-refractivity contribution in [2.24, 2.45) is 0 Å². The largest absolute Gasteiger partial charge is 0.412 e. The average Bonchev–Trinajstić information content (AvgIpc) is 2.65. The molecule has 2 aromatic carbocycles. The number of benzene rings is 2. The molecule has 0 aliphatic carbocycles. The van der Waals surface area contributed by atoms with Gasteiger partial charge in [0.2, 0.25) is 0 Å². The van der Waals surface area contributed by atoms with Crippen LogP contribution in [0.4, 0.5) is 14.9 Å². The molecule has 1 aliphatic rings. The van der Waals surface area contributed by atoms with Crippen LogP contribution in [0.5, 0.6) is 5.75 Å². The van der Waals surface area contributed by atoms with Gasteiger partial charge in [0.1, 0.15) is 11.6 Å². The summed E-state index contributed by atoms with van der Waals surface area (Å²) in [7, 11) is 0. The molecule has 1 fully saturated rings. The normalized spacial score (nSPS) is 17.5. The first-order valence-corrected chi connectivity index (χ1v) is 8.96. The van der Waals surface area contributed by atoms with E-state index >= 15 is 0 Å². The number of ether oxygens (including phenoxy) is 2. The first kappa shape index (κ1) is 19.4. The van der Waals surface area contributed by atoms with Gasteiger partial charge in [0.15, 0.2) is 0 Å². The third-order valence-corrected chi connectivity index (χ3v) is 4.47. The van der Waals surface area contributed by atoms with Gasteiger partial charge in [-0.15, -0.1) is 0 Å². The van der Waals surface area contributed by atoms with Gasteiger partial charge in [0.05, 0.1) is 17.7 Å². The highest BCUT2D eigenvalue weighted by Gasteiger charge is 2.21. The van der Waals surface area contributed by atoms with Crippen LogP contribution in [-0.4, -0.2) is 43.3 Å². The molecule has 8 heteroatoms. The molecule has 27 heavy (non-hydrogen) atoms. The van der Waals surface area contributed by atoms with Crippen LogP contribution in [0.3, 0.4) is 0 Å². The van der Waals surface area contributed by atoms with Crippen LogP contribution in [-0.2, 0) is 11.3 Å². The third kappa shape index (κ3) is 5.82. The van der Waals surface area contributed by atoms with E-state index in [-0.39, 0.29) is 11.1 Å². The van der Waals surface area contributed by atoms with Gasteiger partial charge in [-0.05, 0) is 42.0 Å². The highest BCUT2D eigenvalue weighted by molar-refractivity contribution is 6.30. The minimum atomic E-state index is -0.550. The van der Waals surface area contributed by atoms with E-state index in [1.165, 1.54) is 6.07 Å². The number of amides is 1. The standard InChI is InChI=1S/C19H21ClFN3O3/c20-17-9-13(1-6-18(17)21)11-24-7-8-26-16(12-24)10-23-19(25)27-15-4-2-14(22)3-5-15/h1-6,9,16H,7-8,10-12,22H2,(H,23,25)/t16-/m0/s1. The van der Waals surface area contributed by atoms with E-state index in [9.17, 15) is 9.18 Å². The lowest BCUT2D eigenvalue weighted by Crippen LogP contribution is -2.47. The van der Waals surface area contributed by atoms with Crippen molar-refractivity contribution in [1.82, 2.24) is 10.2 Å². The number of hydrogen-bond donors (Lipinski definition) is 2. The van der Waals surface area contributed by atoms with E-state index in [2.05, 4.69) is 10.2 Å². The predicted octanol–water partition coefficient (Wildman–Crippen LogP) is 3.05. The van der Waals surface area contributed by atoms with Gasteiger partial charge in [0, 0.05) is 31.9 Å². The highest BCUT2D eigenvalue weighted by atomic mass is 35.5. The number of hydrogen-bond acceptors (Lipinski definition) is 5. The Bertz CT molecular complexity index is 788. The Balaban J connectivity index is 1.45. The summed E-state index contributed by atoms with van der Waals surface area (Å²) in [6, 6.07) is 11.3. The second kappa shape index (κ2) is 9.03. The molecule has 6 nitrogen and oxygen atoms in total. The summed E-state index contributed by atoms with van der Waals surface area (Å²) in [6.07, 6.45) is -0.709. The first-order valence-electron chi connectivity index (χ1n) is 8.59. The van der Waals surface area contributed by atoms with Gasteiger partial charge < -0.3 is 20.5 Å². The summed E-state index contributed by atoms with van der Waals surface area (Å²) >= 11 is 5.83. The zero-order valence-corrected chi connectivity index (χ0v) is 15.4. The molecule has 1 aliphatic heterocycles. The van der Waals surface area contributed by atoms with Crippen LogP contribution in [0.1, 0.15) is 5.56 Å². The molecule has 1 amide bonds. The number of rotatable bonds is 5. The minimum absolute atomic E-state index is 0.115. The minimum Gasteiger partial charge on any atom is -0.410 e. The molecule has 0 aromatic heterocycles. The molecule has 0 spiro atoms. The van der Waals surface area contributed by atoms with Crippen molar-refractivity contribution in [2.45, 2.75) is 12.6 Å². The van der Waals surface area contributed by atoms with E-state index in [0.717, 1.165) is 12.1 Å². The van der Waals surface area contributed by atoms with Crippen molar-refractivity contribution in [3.05, 3.63) is 58.9 Å². The van der Waals surface area contributed by atoms with E-state index < -0.39 is 11.9 Å². The van der Waals surface area contributed by atoms with Crippen LogP contribution < -0.4 is 15.8 Å². The summed E-state index contributed by atoms with van der Waals surface area (Å²) in [5, 5.41) is 2.82. The quantitative estimate of drug-likeness (QED) is 0.763. The van der Waals surface area contributed by atoms with Crippen LogP contribution >= 0.6 is 11.6 Å². The topological polar surface area (TPSA) is 76.8 Å². The molecule has 0 unspecified atom stereocenters. The zero-order chi connectivity index (χ0) is 19.2. The van der Waals surface area contributed by atoms with Crippen molar-refractivity contribution < 1.29 is 18.7 Å². The van der Waals surface area contributed by atoms with Crippen LogP contribution in [0.15, 0.2) is 42.5 Å². The van der Waals surface area contributed by atoms with Gasteiger partial charge in [0.25, 0.3) is 0 Å². The molecular formula is C19H21ClFN3O3. The Morgan fingerprint density at radius 1 is 1.33 bits per heavy atom. The molecule has 3 rings (SSSR count). The molecule has 2 aromatic rings. The molecule has 1 saturated heterocycles. The lowest BCUT2D eigenvalue weighted by atomic mass is 10.2. The van der Waals surface area contributed by atoms with Gasteiger partial charge in [-0.2, -0.15) is 0 Å². The van der Waals surface area contributed by atoms with E-state index in [0.29, 0.717) is 37.7 Å². The molecule has 1 heterocycles. The summed E-state index contributed by atoms with van der Waals surface area (Å²) in [6.45, 7) is 2.90. The number of carbonyl (C=O) groups excluding carboxylic acids is 1. The number of carbonyl (C=O) groups is 1. The molecule has 0 saturated carbocycles. The van der Waals surface area contributed by atoms with Crippen LogP contribution in [0.25, 0.3) is 0 Å². The second-order valence-corrected chi connectivity index (χ2v) is 6.72. The highest BCUT2D eigenvalue weighted by Crippen LogP contribution is 2.18. The maximum atomic E-state index is 13.3. The number of morpholine rings is 1. The number of halogens is 2. The predicted molar refractivity (Wildman–Crippen MR) is 101 cm³/mol. The van der Waals surface area contributed by atoms with Crippen molar-refractivity contribution >= 4 is 23.4 Å². The first-order chi connectivity index (χ1) is 13.0. The number of nitrogen functional groups attached to an aromatic ring is 1. The maximum Gasteiger partial charge on any atom is 0.412 e. The van der Waals surface area contributed by atoms with Crippen LogP contribution in [0, 0.1) is 5.82 Å². The third-order valence-electron chi connectivity index (χ3n) is 4.18. The van der Waals surface area contributed by atoms with Crippen molar-refractivity contribution in [3.63, 3.8) is 0 Å². The Kier molecular flexibility index (Phi) is 6.49. The number of nitrogens with two attached hydrogens (primary N) is 1. The van der Waals surface area contributed by atoms with Crippen LogP contribution in [0.2, 0.25) is 5.02 Å². The summed E-state index contributed by atoms with van der Waals surface area (Å²) in [5.74, 6) is -0.00911. The number of nitrogens with one attached hydrogen (secondary N) is 1. The fourth-order valence-electron chi connectivity index (χ4n) is 2.82. The Morgan fingerprint density at radius 3 is 2.85 bits per heavy atom. The fourth-order valence-corrected chi connectivity index (χ4v) is 3.02. The summed E-state index contributed by atoms with van der Waals surface area (Å²) < 4.78 is 24.1. The van der Waals surface area contributed by atoms with E-state index in [1.54, 1.807) is 36.4 Å².